The second-order valence-corrected chi connectivity index (χ2v) is 5.47. The minimum Gasteiger partial charge on any atom is -0.348 e. The van der Waals surface area contributed by atoms with Crippen molar-refractivity contribution in [2.24, 2.45) is 0 Å². The maximum absolute atomic E-state index is 12.2. The van der Waals surface area contributed by atoms with Crippen molar-refractivity contribution in [3.63, 3.8) is 0 Å². The summed E-state index contributed by atoms with van der Waals surface area (Å²) < 4.78 is 2.75. The smallest absolute Gasteiger partial charge is 0.252 e. The Kier molecular flexibility index (Phi) is 4.37. The van der Waals surface area contributed by atoms with Crippen molar-refractivity contribution in [3.05, 3.63) is 52.5 Å². The first-order chi connectivity index (χ1) is 9.06. The fourth-order valence-electron chi connectivity index (χ4n) is 1.87. The Morgan fingerprint density at radius 1 is 1.53 bits per heavy atom. The normalized spacial score (nSPS) is 12.2. The number of carbonyl (C=O) groups excluding carboxylic acids is 1. The molecule has 0 fully saturated rings. The van der Waals surface area contributed by atoms with Crippen molar-refractivity contribution in [1.82, 2.24) is 14.9 Å². The number of carbonyl (C=O) groups is 1. The molecule has 1 aromatic carbocycles. The van der Waals surface area contributed by atoms with Gasteiger partial charge in [-0.3, -0.25) is 4.79 Å². The second kappa shape index (κ2) is 6.02. The third kappa shape index (κ3) is 3.67. The lowest BCUT2D eigenvalue weighted by Gasteiger charge is -2.15. The molecule has 0 spiro atoms. The fraction of sp³-hybridized carbons (Fsp3) is 0.286. The average molecular weight is 322 g/mol. The van der Waals surface area contributed by atoms with Crippen LogP contribution in [0.5, 0.6) is 0 Å². The first kappa shape index (κ1) is 13.8. The van der Waals surface area contributed by atoms with Crippen LogP contribution in [-0.2, 0) is 6.54 Å². The summed E-state index contributed by atoms with van der Waals surface area (Å²) in [7, 11) is 0. The van der Waals surface area contributed by atoms with E-state index in [1.807, 2.05) is 42.8 Å². The van der Waals surface area contributed by atoms with Gasteiger partial charge < -0.3 is 9.88 Å². The molecular weight excluding hydrogens is 306 g/mol. The molecule has 1 amide bonds. The third-order valence-electron chi connectivity index (χ3n) is 2.79. The minimum atomic E-state index is -0.0665. The van der Waals surface area contributed by atoms with Crippen LogP contribution in [0.1, 0.15) is 22.8 Å². The molecule has 0 aliphatic heterocycles. The predicted molar refractivity (Wildman–Crippen MR) is 78.0 cm³/mol. The van der Waals surface area contributed by atoms with Crippen LogP contribution >= 0.6 is 15.9 Å². The van der Waals surface area contributed by atoms with E-state index in [-0.39, 0.29) is 11.9 Å². The molecule has 1 heterocycles. The summed E-state index contributed by atoms with van der Waals surface area (Å²) in [6, 6.07) is 5.78. The highest BCUT2D eigenvalue weighted by Crippen LogP contribution is 2.18. The molecule has 2 rings (SSSR count). The monoisotopic (exact) mass is 321 g/mol. The number of amides is 1. The van der Waals surface area contributed by atoms with Crippen LogP contribution in [0, 0.1) is 6.92 Å². The number of imidazole rings is 1. The van der Waals surface area contributed by atoms with E-state index in [4.69, 9.17) is 0 Å². The molecule has 0 saturated heterocycles. The third-order valence-corrected chi connectivity index (χ3v) is 3.48. The quantitative estimate of drug-likeness (QED) is 0.941. The Morgan fingerprint density at radius 3 is 3.00 bits per heavy atom. The highest BCUT2D eigenvalue weighted by atomic mass is 79.9. The number of hydrogen-bond acceptors (Lipinski definition) is 2. The van der Waals surface area contributed by atoms with Crippen molar-refractivity contribution in [1.29, 1.82) is 0 Å². The lowest BCUT2D eigenvalue weighted by Crippen LogP contribution is -2.35. The lowest BCUT2D eigenvalue weighted by molar-refractivity contribution is 0.0936. The molecule has 5 heteroatoms. The SMILES string of the molecule is Cc1ccc(Br)c(C(=O)NC(C)Cn2ccnc2)c1. The number of rotatable bonds is 4. The van der Waals surface area contributed by atoms with Gasteiger partial charge in [-0.15, -0.1) is 0 Å². The molecular formula is C14H16BrN3O. The first-order valence-electron chi connectivity index (χ1n) is 6.09. The molecule has 1 atom stereocenters. The van der Waals surface area contributed by atoms with Crippen LogP contribution in [0.3, 0.4) is 0 Å². The summed E-state index contributed by atoms with van der Waals surface area (Å²) in [5.41, 5.74) is 1.73. The molecule has 4 nitrogen and oxygen atoms in total. The average Bonchev–Trinajstić information content (AvgIpc) is 2.84. The van der Waals surface area contributed by atoms with E-state index in [9.17, 15) is 4.79 Å². The number of nitrogens with zero attached hydrogens (tertiary/aromatic N) is 2. The molecule has 0 aliphatic carbocycles. The van der Waals surface area contributed by atoms with Gasteiger partial charge in [0.1, 0.15) is 0 Å². The molecule has 2 aromatic rings. The minimum absolute atomic E-state index is 0.0362. The van der Waals surface area contributed by atoms with E-state index in [1.165, 1.54) is 0 Å². The molecule has 1 aromatic heterocycles. The Balaban J connectivity index is 2.02. The van der Waals surface area contributed by atoms with Crippen LogP contribution in [0.4, 0.5) is 0 Å². The molecule has 0 radical (unpaired) electrons. The highest BCUT2D eigenvalue weighted by Gasteiger charge is 2.13. The standard InChI is InChI=1S/C14H16BrN3O/c1-10-3-4-13(15)12(7-10)14(19)17-11(2)8-18-6-5-16-9-18/h3-7,9,11H,8H2,1-2H3,(H,17,19). The molecule has 0 saturated carbocycles. The number of hydrogen-bond donors (Lipinski definition) is 1. The number of aromatic nitrogens is 2. The van der Waals surface area contributed by atoms with Gasteiger partial charge in [0.15, 0.2) is 0 Å². The van der Waals surface area contributed by atoms with E-state index in [1.54, 1.807) is 12.5 Å². The number of nitrogens with one attached hydrogen (secondary N) is 1. The maximum atomic E-state index is 12.2. The van der Waals surface area contributed by atoms with Crippen LogP contribution in [0.2, 0.25) is 0 Å². The Bertz CT molecular complexity index is 566. The van der Waals surface area contributed by atoms with Crippen LogP contribution < -0.4 is 5.32 Å². The van der Waals surface area contributed by atoms with Gasteiger partial charge in [0.05, 0.1) is 11.9 Å². The first-order valence-corrected chi connectivity index (χ1v) is 6.88. The van der Waals surface area contributed by atoms with Gasteiger partial charge in [-0.1, -0.05) is 11.6 Å². The van der Waals surface area contributed by atoms with Gasteiger partial charge >= 0.3 is 0 Å². The van der Waals surface area contributed by atoms with E-state index in [0.717, 1.165) is 10.0 Å². The maximum Gasteiger partial charge on any atom is 0.252 e. The van der Waals surface area contributed by atoms with Gasteiger partial charge in [-0.05, 0) is 41.9 Å². The van der Waals surface area contributed by atoms with Crippen molar-refractivity contribution in [2.75, 3.05) is 0 Å². The summed E-state index contributed by atoms with van der Waals surface area (Å²) >= 11 is 3.41. The molecule has 19 heavy (non-hydrogen) atoms. The van der Waals surface area contributed by atoms with Gasteiger partial charge in [0, 0.05) is 29.5 Å². The van der Waals surface area contributed by atoms with Crippen molar-refractivity contribution < 1.29 is 4.79 Å². The summed E-state index contributed by atoms with van der Waals surface area (Å²) in [5, 5.41) is 2.98. The zero-order valence-corrected chi connectivity index (χ0v) is 12.5. The fourth-order valence-corrected chi connectivity index (χ4v) is 2.30. The molecule has 100 valence electrons. The van der Waals surface area contributed by atoms with E-state index >= 15 is 0 Å². The van der Waals surface area contributed by atoms with E-state index in [0.29, 0.717) is 12.1 Å². The van der Waals surface area contributed by atoms with Crippen LogP contribution in [-0.4, -0.2) is 21.5 Å². The highest BCUT2D eigenvalue weighted by molar-refractivity contribution is 9.10. The molecule has 0 aliphatic rings. The number of benzene rings is 1. The van der Waals surface area contributed by atoms with Crippen LogP contribution in [0.15, 0.2) is 41.4 Å². The van der Waals surface area contributed by atoms with E-state index < -0.39 is 0 Å². The zero-order chi connectivity index (χ0) is 13.8. The molecule has 1 unspecified atom stereocenters. The largest absolute Gasteiger partial charge is 0.348 e. The van der Waals surface area contributed by atoms with Gasteiger partial charge in [0.25, 0.3) is 5.91 Å². The van der Waals surface area contributed by atoms with Gasteiger partial charge in [-0.25, -0.2) is 4.98 Å². The molecule has 1 N–H and O–H groups in total. The molecule has 0 bridgehead atoms. The topological polar surface area (TPSA) is 46.9 Å². The summed E-state index contributed by atoms with van der Waals surface area (Å²) in [4.78, 5) is 16.2. The van der Waals surface area contributed by atoms with E-state index in [2.05, 4.69) is 26.2 Å². The van der Waals surface area contributed by atoms with Gasteiger partial charge in [0.2, 0.25) is 0 Å². The summed E-state index contributed by atoms with van der Waals surface area (Å²) in [6.45, 7) is 4.65. The van der Waals surface area contributed by atoms with Crippen LogP contribution in [0.25, 0.3) is 0 Å². The summed E-state index contributed by atoms with van der Waals surface area (Å²) in [5.74, 6) is -0.0665. The second-order valence-electron chi connectivity index (χ2n) is 4.62. The Labute approximate surface area is 121 Å². The van der Waals surface area contributed by atoms with Crippen molar-refractivity contribution in [3.8, 4) is 0 Å². The van der Waals surface area contributed by atoms with Crippen molar-refractivity contribution in [2.45, 2.75) is 26.4 Å². The predicted octanol–water partition coefficient (Wildman–Crippen LogP) is 2.77. The Morgan fingerprint density at radius 2 is 2.32 bits per heavy atom. The number of aryl methyl sites for hydroxylation is 1. The zero-order valence-electron chi connectivity index (χ0n) is 10.9. The summed E-state index contributed by atoms with van der Waals surface area (Å²) in [6.07, 6.45) is 5.35. The van der Waals surface area contributed by atoms with Crippen molar-refractivity contribution >= 4 is 21.8 Å². The lowest BCUT2D eigenvalue weighted by atomic mass is 10.1. The Hall–Kier alpha value is -1.62. The number of halogens is 1. The van der Waals surface area contributed by atoms with Gasteiger partial charge in [-0.2, -0.15) is 0 Å².